The summed E-state index contributed by atoms with van der Waals surface area (Å²) in [6, 6.07) is 3.95. The highest BCUT2D eigenvalue weighted by Gasteiger charge is 2.18. The molecule has 0 atom stereocenters. The molecule has 0 aliphatic heterocycles. The number of fused-ring (bicyclic) bond motifs is 1. The molecule has 7 nitrogen and oxygen atoms in total. The van der Waals surface area contributed by atoms with Gasteiger partial charge in [-0.2, -0.15) is 0 Å². The third-order valence-corrected chi connectivity index (χ3v) is 3.55. The van der Waals surface area contributed by atoms with Crippen LogP contribution < -0.4 is 5.43 Å². The van der Waals surface area contributed by atoms with E-state index < -0.39 is 21.9 Å². The topological polar surface area (TPSA) is 90.9 Å². The third-order valence-electron chi connectivity index (χ3n) is 2.98. The number of hydrogen-bond acceptors (Lipinski definition) is 5. The van der Waals surface area contributed by atoms with Crippen LogP contribution in [0.25, 0.3) is 16.7 Å². The van der Waals surface area contributed by atoms with E-state index in [1.54, 1.807) is 0 Å². The predicted octanol–water partition coefficient (Wildman–Crippen LogP) is 2.59. The van der Waals surface area contributed by atoms with Gasteiger partial charge in [0.15, 0.2) is 0 Å². The van der Waals surface area contributed by atoms with Crippen molar-refractivity contribution in [3.8, 4) is 5.82 Å². The molecule has 0 saturated heterocycles. The molecule has 0 aliphatic carbocycles. The summed E-state index contributed by atoms with van der Waals surface area (Å²) in [5.74, 6) is -0.258. The average Bonchev–Trinajstić information content (AvgIpc) is 2.49. The van der Waals surface area contributed by atoms with Crippen molar-refractivity contribution in [1.29, 1.82) is 0 Å². The third kappa shape index (κ3) is 2.35. The van der Waals surface area contributed by atoms with Crippen molar-refractivity contribution >= 4 is 32.5 Å². The Morgan fingerprint density at radius 2 is 2.05 bits per heavy atom. The van der Waals surface area contributed by atoms with E-state index in [2.05, 4.69) is 25.9 Å². The van der Waals surface area contributed by atoms with Crippen LogP contribution >= 0.6 is 15.9 Å². The minimum Gasteiger partial charge on any atom is -0.300 e. The van der Waals surface area contributed by atoms with Gasteiger partial charge in [0.05, 0.1) is 21.1 Å². The van der Waals surface area contributed by atoms with Gasteiger partial charge < -0.3 is 0 Å². The molecule has 0 amide bonds. The first-order valence-electron chi connectivity index (χ1n) is 5.94. The van der Waals surface area contributed by atoms with E-state index >= 15 is 0 Å². The van der Waals surface area contributed by atoms with Crippen LogP contribution in [-0.4, -0.2) is 19.5 Å². The number of nitro groups is 1. The standard InChI is InChI=1S/C13H6BrFN4O3/c14-9-4-18(5-11(12(9)20)19(21)22)13-8-3-7(15)1-2-10(8)16-6-17-13/h1-6H. The number of pyridine rings is 1. The Labute approximate surface area is 130 Å². The molecular formula is C13H6BrFN4O3. The predicted molar refractivity (Wildman–Crippen MR) is 79.4 cm³/mol. The maximum atomic E-state index is 13.5. The van der Waals surface area contributed by atoms with Crippen molar-refractivity contribution in [1.82, 2.24) is 14.5 Å². The summed E-state index contributed by atoms with van der Waals surface area (Å²) >= 11 is 2.99. The van der Waals surface area contributed by atoms with E-state index in [1.165, 1.54) is 35.3 Å². The lowest BCUT2D eigenvalue weighted by atomic mass is 10.2. The first-order valence-corrected chi connectivity index (χ1v) is 6.73. The Morgan fingerprint density at radius 3 is 2.77 bits per heavy atom. The molecular weight excluding hydrogens is 359 g/mol. The minimum atomic E-state index is -0.784. The van der Waals surface area contributed by atoms with Gasteiger partial charge in [-0.3, -0.25) is 19.5 Å². The van der Waals surface area contributed by atoms with Gasteiger partial charge in [0.2, 0.25) is 0 Å². The summed E-state index contributed by atoms with van der Waals surface area (Å²) in [7, 11) is 0. The van der Waals surface area contributed by atoms with Crippen molar-refractivity contribution in [2.75, 3.05) is 0 Å². The van der Waals surface area contributed by atoms with Crippen molar-refractivity contribution in [2.24, 2.45) is 0 Å². The summed E-state index contributed by atoms with van der Waals surface area (Å²) in [6.07, 6.45) is 3.63. The summed E-state index contributed by atoms with van der Waals surface area (Å²) in [6.45, 7) is 0. The van der Waals surface area contributed by atoms with Gasteiger partial charge in [0, 0.05) is 11.6 Å². The highest BCUT2D eigenvalue weighted by Crippen LogP contribution is 2.21. The SMILES string of the molecule is O=c1c(Br)cn(-c2ncnc3ccc(F)cc23)cc1[N+](=O)[O-]. The average molecular weight is 365 g/mol. The Hall–Kier alpha value is -2.68. The van der Waals surface area contributed by atoms with Gasteiger partial charge in [-0.25, -0.2) is 14.4 Å². The van der Waals surface area contributed by atoms with Crippen molar-refractivity contribution in [2.45, 2.75) is 0 Å². The first-order chi connectivity index (χ1) is 10.5. The van der Waals surface area contributed by atoms with E-state index in [1.807, 2.05) is 0 Å². The molecule has 9 heteroatoms. The molecule has 0 fully saturated rings. The second-order valence-corrected chi connectivity index (χ2v) is 5.20. The Morgan fingerprint density at radius 1 is 1.27 bits per heavy atom. The van der Waals surface area contributed by atoms with E-state index in [-0.39, 0.29) is 10.3 Å². The van der Waals surface area contributed by atoms with E-state index in [4.69, 9.17) is 0 Å². The number of nitrogens with zero attached hydrogens (tertiary/aromatic N) is 4. The normalized spacial score (nSPS) is 10.8. The molecule has 2 heterocycles. The number of rotatable bonds is 2. The van der Waals surface area contributed by atoms with Crippen LogP contribution in [0.15, 0.2) is 46.2 Å². The van der Waals surface area contributed by atoms with Crippen LogP contribution in [0.3, 0.4) is 0 Å². The molecule has 110 valence electrons. The van der Waals surface area contributed by atoms with Crippen LogP contribution in [0, 0.1) is 15.9 Å². The molecule has 0 spiro atoms. The van der Waals surface area contributed by atoms with Gasteiger partial charge in [-0.1, -0.05) is 0 Å². The molecule has 3 rings (SSSR count). The number of halogens is 2. The fourth-order valence-electron chi connectivity index (χ4n) is 2.00. The zero-order valence-corrected chi connectivity index (χ0v) is 12.3. The minimum absolute atomic E-state index is 0.00450. The van der Waals surface area contributed by atoms with Crippen molar-refractivity contribution in [3.63, 3.8) is 0 Å². The summed E-state index contributed by atoms with van der Waals surface area (Å²) in [4.78, 5) is 29.9. The van der Waals surface area contributed by atoms with Crippen molar-refractivity contribution < 1.29 is 9.31 Å². The Bertz CT molecular complexity index is 973. The molecule has 0 saturated carbocycles. The van der Waals surface area contributed by atoms with Crippen LogP contribution in [-0.2, 0) is 0 Å². The fraction of sp³-hybridized carbons (Fsp3) is 0. The lowest BCUT2D eigenvalue weighted by molar-refractivity contribution is -0.386. The lowest BCUT2D eigenvalue weighted by Gasteiger charge is -2.09. The number of hydrogen-bond donors (Lipinski definition) is 0. The Balaban J connectivity index is 2.35. The zero-order chi connectivity index (χ0) is 15.9. The smallest absolute Gasteiger partial charge is 0.300 e. The van der Waals surface area contributed by atoms with Crippen LogP contribution in [0.4, 0.5) is 10.1 Å². The van der Waals surface area contributed by atoms with Gasteiger partial charge in [0.1, 0.15) is 18.0 Å². The molecule has 0 bridgehead atoms. The molecule has 22 heavy (non-hydrogen) atoms. The van der Waals surface area contributed by atoms with Gasteiger partial charge >= 0.3 is 5.69 Å². The van der Waals surface area contributed by atoms with Gasteiger partial charge in [0.25, 0.3) is 5.43 Å². The highest BCUT2D eigenvalue weighted by molar-refractivity contribution is 9.10. The maximum Gasteiger partial charge on any atom is 0.333 e. The summed E-state index contributed by atoms with van der Waals surface area (Å²) in [5.41, 5.74) is -0.882. The fourth-order valence-corrected chi connectivity index (χ4v) is 2.43. The first kappa shape index (κ1) is 14.3. The molecule has 0 N–H and O–H groups in total. The quantitative estimate of drug-likeness (QED) is 0.514. The molecule has 0 radical (unpaired) electrons. The van der Waals surface area contributed by atoms with E-state index in [9.17, 15) is 19.3 Å². The number of benzene rings is 1. The van der Waals surface area contributed by atoms with Crippen LogP contribution in [0.1, 0.15) is 0 Å². The molecule has 0 unspecified atom stereocenters. The Kier molecular flexibility index (Phi) is 3.41. The second kappa shape index (κ2) is 5.26. The summed E-state index contributed by atoms with van der Waals surface area (Å²) in [5, 5.41) is 11.3. The molecule has 0 aliphatic rings. The maximum absolute atomic E-state index is 13.5. The second-order valence-electron chi connectivity index (χ2n) is 4.34. The van der Waals surface area contributed by atoms with Crippen LogP contribution in [0.2, 0.25) is 0 Å². The monoisotopic (exact) mass is 364 g/mol. The zero-order valence-electron chi connectivity index (χ0n) is 10.7. The largest absolute Gasteiger partial charge is 0.333 e. The number of aromatic nitrogens is 3. The molecule has 3 aromatic rings. The van der Waals surface area contributed by atoms with Crippen molar-refractivity contribution in [3.05, 3.63) is 67.5 Å². The molecule has 2 aromatic heterocycles. The van der Waals surface area contributed by atoms with Gasteiger partial charge in [-0.15, -0.1) is 0 Å². The lowest BCUT2D eigenvalue weighted by Crippen LogP contribution is -2.13. The van der Waals surface area contributed by atoms with E-state index in [0.29, 0.717) is 10.9 Å². The molecule has 1 aromatic carbocycles. The highest BCUT2D eigenvalue weighted by atomic mass is 79.9. The van der Waals surface area contributed by atoms with Crippen LogP contribution in [0.5, 0.6) is 0 Å². The van der Waals surface area contributed by atoms with E-state index in [0.717, 1.165) is 6.20 Å². The van der Waals surface area contributed by atoms with Gasteiger partial charge in [-0.05, 0) is 34.1 Å². The summed E-state index contributed by atoms with van der Waals surface area (Å²) < 4.78 is 14.7.